The van der Waals surface area contributed by atoms with Gasteiger partial charge in [0.1, 0.15) is 17.1 Å². The van der Waals surface area contributed by atoms with E-state index in [0.29, 0.717) is 11.3 Å². The molecule has 0 saturated carbocycles. The zero-order chi connectivity index (χ0) is 20.4. The van der Waals surface area contributed by atoms with Crippen LogP contribution in [-0.2, 0) is 0 Å². The fraction of sp³-hybridized carbons (Fsp3) is 0.0909. The second kappa shape index (κ2) is 7.97. The van der Waals surface area contributed by atoms with Crippen LogP contribution in [0.1, 0.15) is 16.1 Å². The first kappa shape index (κ1) is 19.0. The van der Waals surface area contributed by atoms with E-state index in [0.717, 1.165) is 31.9 Å². The molecule has 0 bridgehead atoms. The van der Waals surface area contributed by atoms with E-state index in [-0.39, 0.29) is 5.76 Å². The van der Waals surface area contributed by atoms with E-state index >= 15 is 0 Å². The van der Waals surface area contributed by atoms with E-state index in [1.165, 1.54) is 0 Å². The van der Waals surface area contributed by atoms with Crippen LogP contribution in [0.25, 0.3) is 21.7 Å². The molecule has 0 aliphatic heterocycles. The maximum absolute atomic E-state index is 12.4. The number of halogens is 1. The predicted octanol–water partition coefficient (Wildman–Crippen LogP) is 5.13. The first-order valence-electron chi connectivity index (χ1n) is 8.76. The number of amides is 1. The Kier molecular flexibility index (Phi) is 5.22. The molecule has 3 aromatic carbocycles. The van der Waals surface area contributed by atoms with Gasteiger partial charge in [0, 0.05) is 15.4 Å². The lowest BCUT2D eigenvalue weighted by Crippen LogP contribution is -2.16. The van der Waals surface area contributed by atoms with Crippen molar-refractivity contribution < 1.29 is 18.7 Å². The van der Waals surface area contributed by atoms with Gasteiger partial charge < -0.3 is 13.9 Å². The van der Waals surface area contributed by atoms with Crippen molar-refractivity contribution in [3.8, 4) is 11.5 Å². The number of benzene rings is 3. The number of furan rings is 1. The molecule has 0 fully saturated rings. The smallest absolute Gasteiger partial charge is 0.307 e. The van der Waals surface area contributed by atoms with Crippen LogP contribution in [0.2, 0.25) is 0 Å². The van der Waals surface area contributed by atoms with Gasteiger partial charge in [0.15, 0.2) is 5.76 Å². The van der Waals surface area contributed by atoms with Crippen molar-refractivity contribution in [3.05, 3.63) is 70.4 Å². The fourth-order valence-electron chi connectivity index (χ4n) is 3.08. The van der Waals surface area contributed by atoms with Gasteiger partial charge in [-0.25, -0.2) is 5.43 Å². The Balaban J connectivity index is 1.62. The molecule has 0 atom stereocenters. The van der Waals surface area contributed by atoms with Crippen LogP contribution >= 0.6 is 15.9 Å². The summed E-state index contributed by atoms with van der Waals surface area (Å²) in [7, 11) is 3.20. The lowest BCUT2D eigenvalue weighted by molar-refractivity contribution is 0.0929. The van der Waals surface area contributed by atoms with Crippen molar-refractivity contribution in [1.82, 2.24) is 5.43 Å². The Labute approximate surface area is 175 Å². The maximum atomic E-state index is 12.4. The Morgan fingerprint density at radius 2 is 1.86 bits per heavy atom. The summed E-state index contributed by atoms with van der Waals surface area (Å²) in [6, 6.07) is 16.8. The summed E-state index contributed by atoms with van der Waals surface area (Å²) >= 11 is 3.40. The maximum Gasteiger partial charge on any atom is 0.307 e. The Bertz CT molecular complexity index is 1240. The van der Waals surface area contributed by atoms with Crippen LogP contribution in [-0.4, -0.2) is 26.3 Å². The molecule has 1 heterocycles. The first-order chi connectivity index (χ1) is 14.1. The van der Waals surface area contributed by atoms with Gasteiger partial charge in [-0.3, -0.25) is 4.79 Å². The molecular formula is C22H17BrN2O4. The lowest BCUT2D eigenvalue weighted by Gasteiger charge is -2.10. The summed E-state index contributed by atoms with van der Waals surface area (Å²) in [5.41, 5.74) is 3.87. The number of hydrogen-bond donors (Lipinski definition) is 1. The number of ether oxygens (including phenoxy) is 2. The second-order valence-electron chi connectivity index (χ2n) is 6.26. The van der Waals surface area contributed by atoms with Crippen molar-refractivity contribution in [2.45, 2.75) is 0 Å². The number of nitrogens with one attached hydrogen (secondary N) is 1. The van der Waals surface area contributed by atoms with E-state index in [4.69, 9.17) is 13.9 Å². The summed E-state index contributed by atoms with van der Waals surface area (Å²) in [5, 5.41) is 6.84. The van der Waals surface area contributed by atoms with Crippen molar-refractivity contribution >= 4 is 49.8 Å². The molecule has 7 heteroatoms. The summed E-state index contributed by atoms with van der Waals surface area (Å²) in [6.45, 7) is 0. The summed E-state index contributed by atoms with van der Waals surface area (Å²) in [5.74, 6) is 1.10. The third-order valence-electron chi connectivity index (χ3n) is 4.51. The molecule has 0 radical (unpaired) electrons. The van der Waals surface area contributed by atoms with Crippen LogP contribution in [0.4, 0.5) is 0 Å². The molecule has 1 amide bonds. The molecule has 146 valence electrons. The minimum atomic E-state index is -0.439. The highest BCUT2D eigenvalue weighted by molar-refractivity contribution is 9.10. The average Bonchev–Trinajstić information content (AvgIpc) is 3.16. The largest absolute Gasteiger partial charge is 0.497 e. The van der Waals surface area contributed by atoms with Crippen molar-refractivity contribution in [3.63, 3.8) is 0 Å². The Morgan fingerprint density at radius 1 is 1.03 bits per heavy atom. The van der Waals surface area contributed by atoms with Gasteiger partial charge in [0.25, 0.3) is 0 Å². The topological polar surface area (TPSA) is 73.1 Å². The fourth-order valence-corrected chi connectivity index (χ4v) is 3.46. The van der Waals surface area contributed by atoms with Crippen LogP contribution in [0.15, 0.2) is 68.6 Å². The molecule has 0 unspecified atom stereocenters. The highest BCUT2D eigenvalue weighted by Gasteiger charge is 2.12. The minimum absolute atomic E-state index is 0.182. The van der Waals surface area contributed by atoms with Crippen LogP contribution < -0.4 is 14.9 Å². The Morgan fingerprint density at radius 3 is 2.66 bits per heavy atom. The third-order valence-corrected chi connectivity index (χ3v) is 5.01. The average molecular weight is 453 g/mol. The Hall–Kier alpha value is -3.32. The quantitative estimate of drug-likeness (QED) is 0.336. The van der Waals surface area contributed by atoms with E-state index in [2.05, 4.69) is 26.5 Å². The molecular weight excluding hydrogens is 436 g/mol. The molecule has 29 heavy (non-hydrogen) atoms. The summed E-state index contributed by atoms with van der Waals surface area (Å²) in [4.78, 5) is 12.4. The van der Waals surface area contributed by atoms with Gasteiger partial charge in [-0.15, -0.1) is 0 Å². The van der Waals surface area contributed by atoms with Gasteiger partial charge in [-0.05, 0) is 53.2 Å². The monoisotopic (exact) mass is 452 g/mol. The first-order valence-corrected chi connectivity index (χ1v) is 9.55. The van der Waals surface area contributed by atoms with E-state index < -0.39 is 5.91 Å². The number of nitrogens with zero attached hydrogens (tertiary/aromatic N) is 1. The minimum Gasteiger partial charge on any atom is -0.497 e. The lowest BCUT2D eigenvalue weighted by atomic mass is 10.0. The summed E-state index contributed by atoms with van der Waals surface area (Å²) < 4.78 is 17.3. The molecule has 4 aromatic rings. The van der Waals surface area contributed by atoms with Crippen molar-refractivity contribution in [1.29, 1.82) is 0 Å². The van der Waals surface area contributed by atoms with E-state index in [1.807, 2.05) is 42.5 Å². The third kappa shape index (κ3) is 3.82. The number of methoxy groups -OCH3 is 2. The van der Waals surface area contributed by atoms with Crippen LogP contribution in [0.5, 0.6) is 11.5 Å². The standard InChI is InChI=1S/C22H17BrN2O4/c1-27-16-6-3-13-4-7-20(28-2)18(17(13)11-16)12-24-25-22(26)21-10-14-9-15(23)5-8-19(14)29-21/h3-12H,1-2H3,(H,25,26)/b24-12+. The number of carbonyl (C=O) groups excluding carboxylic acids is 1. The SMILES string of the molecule is COc1ccc2ccc(OC)c(/C=N/NC(=O)c3cc4cc(Br)ccc4o3)c2c1. The predicted molar refractivity (Wildman–Crippen MR) is 116 cm³/mol. The van der Waals surface area contributed by atoms with Gasteiger partial charge in [-0.1, -0.05) is 28.1 Å². The zero-order valence-electron chi connectivity index (χ0n) is 15.7. The normalized spacial score (nSPS) is 11.3. The molecule has 0 aliphatic rings. The number of carbonyl (C=O) groups is 1. The van der Waals surface area contributed by atoms with Gasteiger partial charge >= 0.3 is 5.91 Å². The molecule has 4 rings (SSSR count). The van der Waals surface area contributed by atoms with Crippen LogP contribution in [0, 0.1) is 0 Å². The van der Waals surface area contributed by atoms with Crippen LogP contribution in [0.3, 0.4) is 0 Å². The van der Waals surface area contributed by atoms with Gasteiger partial charge in [-0.2, -0.15) is 5.10 Å². The molecule has 1 N–H and O–H groups in total. The summed E-state index contributed by atoms with van der Waals surface area (Å²) in [6.07, 6.45) is 1.55. The van der Waals surface area contributed by atoms with E-state index in [1.54, 1.807) is 32.6 Å². The van der Waals surface area contributed by atoms with Gasteiger partial charge in [0.2, 0.25) is 0 Å². The van der Waals surface area contributed by atoms with Gasteiger partial charge in [0.05, 0.1) is 20.4 Å². The highest BCUT2D eigenvalue weighted by atomic mass is 79.9. The molecule has 1 aromatic heterocycles. The highest BCUT2D eigenvalue weighted by Crippen LogP contribution is 2.29. The number of hydrazone groups is 1. The zero-order valence-corrected chi connectivity index (χ0v) is 17.3. The number of rotatable bonds is 5. The van der Waals surface area contributed by atoms with Crippen molar-refractivity contribution in [2.75, 3.05) is 14.2 Å². The molecule has 0 saturated heterocycles. The molecule has 0 aliphatic carbocycles. The van der Waals surface area contributed by atoms with E-state index in [9.17, 15) is 4.79 Å². The number of fused-ring (bicyclic) bond motifs is 2. The number of hydrogen-bond acceptors (Lipinski definition) is 5. The molecule has 0 spiro atoms. The van der Waals surface area contributed by atoms with Crippen molar-refractivity contribution in [2.24, 2.45) is 5.10 Å². The molecule has 6 nitrogen and oxygen atoms in total. The second-order valence-corrected chi connectivity index (χ2v) is 7.18.